The molecule has 3 heterocycles. The zero-order valence-corrected chi connectivity index (χ0v) is 25.2. The molecule has 2 aliphatic carbocycles. The predicted octanol–water partition coefficient (Wildman–Crippen LogP) is 7.00. The van der Waals surface area contributed by atoms with Gasteiger partial charge in [-0.25, -0.2) is 0 Å². The Labute approximate surface area is 260 Å². The fourth-order valence-electron chi connectivity index (χ4n) is 7.83. The number of hydrogen-bond acceptors (Lipinski definition) is 6. The lowest BCUT2D eigenvalue weighted by Gasteiger charge is -2.43. The number of benzene rings is 3. The maximum atomic E-state index is 13.9. The second-order valence-electron chi connectivity index (χ2n) is 11.4. The Hall–Kier alpha value is -3.04. The van der Waals surface area contributed by atoms with Crippen molar-refractivity contribution in [3.63, 3.8) is 0 Å². The van der Waals surface area contributed by atoms with Crippen LogP contribution in [-0.2, 0) is 16.2 Å². The van der Waals surface area contributed by atoms with Gasteiger partial charge in [-0.05, 0) is 72.2 Å². The van der Waals surface area contributed by atoms with Crippen LogP contribution in [0.1, 0.15) is 28.3 Å². The van der Waals surface area contributed by atoms with Crippen LogP contribution in [0.4, 0.5) is 5.69 Å². The van der Waals surface area contributed by atoms with Crippen LogP contribution in [0.15, 0.2) is 82.6 Å². The minimum absolute atomic E-state index is 0.00103. The molecule has 3 fully saturated rings. The van der Waals surface area contributed by atoms with Gasteiger partial charge < -0.3 is 9.72 Å². The quantitative estimate of drug-likeness (QED) is 0.239. The van der Waals surface area contributed by atoms with Gasteiger partial charge in [0.25, 0.3) is 0 Å². The Kier molecular flexibility index (Phi) is 6.34. The molecule has 0 spiro atoms. The average Bonchev–Trinajstić information content (AvgIpc) is 3.72. The minimum Gasteiger partial charge on any atom is -0.489 e. The number of amides is 2. The van der Waals surface area contributed by atoms with Crippen molar-refractivity contribution in [3.8, 4) is 5.75 Å². The molecule has 1 aromatic heterocycles. The molecule has 2 aliphatic heterocycles. The topological polar surface area (TPSA) is 79.5 Å². The molecule has 1 saturated heterocycles. The summed E-state index contributed by atoms with van der Waals surface area (Å²) >= 11 is 15.6. The second kappa shape index (κ2) is 10.0. The largest absolute Gasteiger partial charge is 0.489 e. The lowest BCUT2D eigenvalue weighted by Crippen LogP contribution is -2.42. The highest BCUT2D eigenvalue weighted by atomic mass is 35.5. The molecule has 0 radical (unpaired) electrons. The number of nitrogens with zero attached hydrogens (tertiary/aromatic N) is 1. The number of carbonyl (C=O) groups is 2. The predicted molar refractivity (Wildman–Crippen MR) is 165 cm³/mol. The fraction of sp³-hybridized carbons (Fsp3) is 0.281. The summed E-state index contributed by atoms with van der Waals surface area (Å²) in [5, 5.41) is 2.16. The van der Waals surface area contributed by atoms with Gasteiger partial charge in [0.15, 0.2) is 0 Å². The van der Waals surface area contributed by atoms with Crippen molar-refractivity contribution < 1.29 is 14.3 Å². The van der Waals surface area contributed by atoms with Crippen LogP contribution in [0, 0.1) is 29.6 Å². The first-order chi connectivity index (χ1) is 20.4. The van der Waals surface area contributed by atoms with Crippen molar-refractivity contribution in [1.29, 1.82) is 0 Å². The average molecular weight is 636 g/mol. The van der Waals surface area contributed by atoms with Gasteiger partial charge in [-0.2, -0.15) is 0 Å². The van der Waals surface area contributed by atoms with E-state index in [2.05, 4.69) is 4.98 Å². The first kappa shape index (κ1) is 26.6. The van der Waals surface area contributed by atoms with E-state index in [1.165, 1.54) is 16.2 Å². The molecule has 1 N–H and O–H groups in total. The molecule has 6 nitrogen and oxygen atoms in total. The van der Waals surface area contributed by atoms with Crippen LogP contribution in [-0.4, -0.2) is 22.0 Å². The van der Waals surface area contributed by atoms with Gasteiger partial charge in [-0.3, -0.25) is 19.3 Å². The van der Waals surface area contributed by atoms with Crippen molar-refractivity contribution in [1.82, 2.24) is 4.98 Å². The van der Waals surface area contributed by atoms with Crippen molar-refractivity contribution in [3.05, 3.63) is 109 Å². The zero-order chi connectivity index (χ0) is 28.7. The number of thioether (sulfide) groups is 1. The summed E-state index contributed by atoms with van der Waals surface area (Å²) in [5.74, 6) is -0.342. The highest BCUT2D eigenvalue weighted by Crippen LogP contribution is 2.69. The van der Waals surface area contributed by atoms with E-state index < -0.39 is 0 Å². The van der Waals surface area contributed by atoms with Crippen LogP contribution >= 0.6 is 46.3 Å². The van der Waals surface area contributed by atoms with Crippen LogP contribution in [0.25, 0.3) is 0 Å². The number of rotatable bonds is 5. The molecule has 2 saturated carbocycles. The van der Waals surface area contributed by atoms with Crippen LogP contribution in [0.5, 0.6) is 5.75 Å². The minimum atomic E-state index is -0.373. The molecule has 2 amide bonds. The molecule has 8 rings (SSSR count). The van der Waals surface area contributed by atoms with Gasteiger partial charge in [0.05, 0.1) is 22.5 Å². The second-order valence-corrected chi connectivity index (χ2v) is 14.5. The summed E-state index contributed by atoms with van der Waals surface area (Å²) in [5.41, 5.74) is 2.51. The number of H-pyrrole nitrogens is 1. The van der Waals surface area contributed by atoms with E-state index in [0.717, 1.165) is 27.5 Å². The van der Waals surface area contributed by atoms with Crippen LogP contribution in [0.2, 0.25) is 10.0 Å². The van der Waals surface area contributed by atoms with Crippen LogP contribution < -0.4 is 14.5 Å². The normalized spacial score (nSPS) is 29.0. The lowest BCUT2D eigenvalue weighted by molar-refractivity contribution is -0.123. The summed E-state index contributed by atoms with van der Waals surface area (Å²) in [7, 11) is 0. The number of fused-ring (bicyclic) bond motifs is 9. The number of imide groups is 1. The van der Waals surface area contributed by atoms with E-state index in [-0.39, 0.29) is 57.4 Å². The number of ether oxygens (including phenoxy) is 1. The molecule has 10 heteroatoms. The number of aromatic amines is 1. The van der Waals surface area contributed by atoms with Gasteiger partial charge in [0, 0.05) is 31.7 Å². The number of thiazole rings is 1. The molecule has 212 valence electrons. The van der Waals surface area contributed by atoms with Gasteiger partial charge >= 0.3 is 4.87 Å². The third-order valence-electron chi connectivity index (χ3n) is 9.35. The Morgan fingerprint density at radius 3 is 2.36 bits per heavy atom. The number of para-hydroxylation sites is 1. The Balaban J connectivity index is 1.20. The summed E-state index contributed by atoms with van der Waals surface area (Å²) < 4.78 is 6.40. The summed E-state index contributed by atoms with van der Waals surface area (Å²) in [4.78, 5) is 45.7. The van der Waals surface area contributed by atoms with E-state index in [4.69, 9.17) is 27.9 Å². The Morgan fingerprint density at radius 1 is 0.881 bits per heavy atom. The monoisotopic (exact) mass is 634 g/mol. The number of nitrogens with one attached hydrogen (secondary N) is 1. The molecule has 4 aromatic rings. The van der Waals surface area contributed by atoms with E-state index in [9.17, 15) is 14.4 Å². The van der Waals surface area contributed by atoms with Crippen molar-refractivity contribution in [2.24, 2.45) is 29.6 Å². The maximum absolute atomic E-state index is 13.9. The fourth-order valence-corrected chi connectivity index (χ4v) is 11.0. The molecule has 4 aliphatic rings. The van der Waals surface area contributed by atoms with Crippen molar-refractivity contribution >= 4 is 63.8 Å². The molecule has 5 unspecified atom stereocenters. The molecule has 3 aromatic carbocycles. The number of halogens is 2. The van der Waals surface area contributed by atoms with Gasteiger partial charge in [0.2, 0.25) is 11.8 Å². The van der Waals surface area contributed by atoms with Gasteiger partial charge in [0.1, 0.15) is 12.4 Å². The highest BCUT2D eigenvalue weighted by Gasteiger charge is 2.69. The summed E-state index contributed by atoms with van der Waals surface area (Å²) in [6.07, 6.45) is 0.814. The van der Waals surface area contributed by atoms with Crippen molar-refractivity contribution in [2.45, 2.75) is 29.2 Å². The van der Waals surface area contributed by atoms with E-state index in [0.29, 0.717) is 28.1 Å². The van der Waals surface area contributed by atoms with Gasteiger partial charge in [-0.1, -0.05) is 64.9 Å². The maximum Gasteiger partial charge on any atom is 0.305 e. The van der Waals surface area contributed by atoms with Gasteiger partial charge in [-0.15, -0.1) is 11.8 Å². The first-order valence-electron chi connectivity index (χ1n) is 13.9. The Bertz CT molecular complexity index is 1790. The standard InChI is InChI=1S/C32H24Cl2N2O4S2/c33-16-8-6-15(7-9-16)14-40-22-11-10-17(34)12-19(22)23-24-20-13-21(27(24)41-29-28(23)42-32(39)35-29)26-25(20)30(37)36(31(26)38)18-4-2-1-3-5-18/h1-12,20-21,23-27H,13-14H2,(H,35,39)/t20-,21-,23?,24?,25?,26?,27?/m1/s1. The smallest absolute Gasteiger partial charge is 0.305 e. The van der Waals surface area contributed by atoms with Crippen molar-refractivity contribution in [2.75, 3.05) is 4.90 Å². The molecule has 7 atom stereocenters. The van der Waals surface area contributed by atoms with E-state index >= 15 is 0 Å². The molecular weight excluding hydrogens is 611 g/mol. The summed E-state index contributed by atoms with van der Waals surface area (Å²) in [6.45, 7) is 0.341. The molecular formula is C32H24Cl2N2O4S2. The third-order valence-corrected chi connectivity index (χ3v) is 12.4. The number of hydrogen-bond donors (Lipinski definition) is 1. The summed E-state index contributed by atoms with van der Waals surface area (Å²) in [6, 6.07) is 22.4. The highest BCUT2D eigenvalue weighted by molar-refractivity contribution is 8.00. The zero-order valence-electron chi connectivity index (χ0n) is 22.0. The van der Waals surface area contributed by atoms with E-state index in [1.54, 1.807) is 11.8 Å². The molecule has 42 heavy (non-hydrogen) atoms. The third kappa shape index (κ3) is 4.03. The number of aromatic nitrogens is 1. The lowest BCUT2D eigenvalue weighted by atomic mass is 9.68. The van der Waals surface area contributed by atoms with E-state index in [1.807, 2.05) is 72.8 Å². The number of anilines is 1. The number of carbonyl (C=O) groups excluding carboxylic acids is 2. The first-order valence-corrected chi connectivity index (χ1v) is 16.3. The van der Waals surface area contributed by atoms with Crippen LogP contribution in [0.3, 0.4) is 0 Å². The molecule has 2 bridgehead atoms. The Morgan fingerprint density at radius 2 is 1.60 bits per heavy atom. The SMILES string of the molecule is O=C1C2C(C(=O)N1c1ccccc1)[C@@H]1C[C@H]2C2Sc3[nH]c(=O)sc3C(c3cc(Cl)ccc3OCc3ccc(Cl)cc3)C21.